The summed E-state index contributed by atoms with van der Waals surface area (Å²) >= 11 is 6.27. The number of carbonyl (C=O) groups is 1. The Labute approximate surface area is 114 Å². The monoisotopic (exact) mass is 279 g/mol. The minimum Gasteiger partial charge on any atom is -0.289 e. The number of benzene rings is 1. The third kappa shape index (κ3) is 2.52. The van der Waals surface area contributed by atoms with E-state index in [9.17, 15) is 9.18 Å². The largest absolute Gasteiger partial charge is 0.289 e. The Morgan fingerprint density at radius 2 is 2.17 bits per heavy atom. The lowest BCUT2D eigenvalue weighted by Crippen LogP contribution is -2.27. The van der Waals surface area contributed by atoms with Crippen LogP contribution in [-0.4, -0.2) is 21.7 Å². The lowest BCUT2D eigenvalue weighted by molar-refractivity contribution is -0.121. The van der Waals surface area contributed by atoms with E-state index in [0.29, 0.717) is 21.3 Å². The van der Waals surface area contributed by atoms with Gasteiger partial charge in [-0.1, -0.05) is 48.3 Å². The molecule has 0 spiro atoms. The fourth-order valence-corrected chi connectivity index (χ4v) is 2.79. The van der Waals surface area contributed by atoms with Crippen LogP contribution in [0.25, 0.3) is 6.08 Å². The molecule has 0 atom stereocenters. The first-order valence-corrected chi connectivity index (χ1v) is 6.46. The van der Waals surface area contributed by atoms with Gasteiger partial charge in [0.25, 0.3) is 5.91 Å². The molecule has 1 aliphatic heterocycles. The normalized spacial score (nSPS) is 17.6. The third-order valence-corrected chi connectivity index (χ3v) is 3.75. The average Bonchev–Trinajstić information content (AvgIpc) is 2.60. The molecule has 2 nitrogen and oxygen atoms in total. The fourth-order valence-electron chi connectivity index (χ4n) is 1.52. The van der Waals surface area contributed by atoms with Crippen LogP contribution in [0.3, 0.4) is 0 Å². The number of thiocarbonyl (C=S) groups is 1. The maximum Gasteiger partial charge on any atom is 0.266 e. The van der Waals surface area contributed by atoms with Gasteiger partial charge in [-0.05, 0) is 12.1 Å². The summed E-state index contributed by atoms with van der Waals surface area (Å²) in [6, 6.07) is 6.31. The molecule has 1 fully saturated rings. The van der Waals surface area contributed by atoms with Gasteiger partial charge in [0, 0.05) is 12.1 Å². The van der Waals surface area contributed by atoms with E-state index in [1.54, 1.807) is 24.3 Å². The number of amides is 1. The first kappa shape index (κ1) is 13.0. The molecule has 0 N–H and O–H groups in total. The molecule has 1 aliphatic rings. The molecule has 92 valence electrons. The Balaban J connectivity index is 2.31. The molecule has 0 bridgehead atoms. The molecule has 0 saturated carbocycles. The second-order valence-corrected chi connectivity index (χ2v) is 5.28. The van der Waals surface area contributed by atoms with E-state index < -0.39 is 0 Å². The van der Waals surface area contributed by atoms with Crippen LogP contribution in [0, 0.1) is 5.82 Å². The summed E-state index contributed by atoms with van der Waals surface area (Å²) in [5.74, 6) is -0.556. The van der Waals surface area contributed by atoms with Gasteiger partial charge in [-0.3, -0.25) is 9.69 Å². The van der Waals surface area contributed by atoms with Crippen molar-refractivity contribution in [2.45, 2.75) is 0 Å². The van der Waals surface area contributed by atoms with Crippen LogP contribution >= 0.6 is 24.0 Å². The molecule has 1 aromatic rings. The minimum atomic E-state index is -0.355. The Bertz CT molecular complexity index is 554. The molecule has 0 unspecified atom stereocenters. The second-order valence-electron chi connectivity index (χ2n) is 3.60. The van der Waals surface area contributed by atoms with Crippen LogP contribution in [0.15, 0.2) is 41.8 Å². The summed E-state index contributed by atoms with van der Waals surface area (Å²) in [7, 11) is 0. The zero-order valence-electron chi connectivity index (χ0n) is 9.43. The second kappa shape index (κ2) is 5.46. The van der Waals surface area contributed by atoms with Gasteiger partial charge >= 0.3 is 0 Å². The van der Waals surface area contributed by atoms with Gasteiger partial charge < -0.3 is 0 Å². The van der Waals surface area contributed by atoms with E-state index in [4.69, 9.17) is 12.2 Å². The van der Waals surface area contributed by atoms with E-state index in [-0.39, 0.29) is 11.7 Å². The Morgan fingerprint density at radius 3 is 2.83 bits per heavy atom. The zero-order chi connectivity index (χ0) is 13.1. The van der Waals surface area contributed by atoms with Gasteiger partial charge in [-0.15, -0.1) is 6.58 Å². The van der Waals surface area contributed by atoms with Gasteiger partial charge in [0.05, 0.1) is 4.91 Å². The molecule has 1 aromatic carbocycles. The quantitative estimate of drug-likeness (QED) is 0.481. The molecule has 0 radical (unpaired) electrons. The van der Waals surface area contributed by atoms with Crippen molar-refractivity contribution in [1.29, 1.82) is 0 Å². The smallest absolute Gasteiger partial charge is 0.266 e. The summed E-state index contributed by atoms with van der Waals surface area (Å²) in [6.07, 6.45) is 3.13. The summed E-state index contributed by atoms with van der Waals surface area (Å²) in [5.41, 5.74) is 0.386. The summed E-state index contributed by atoms with van der Waals surface area (Å²) in [4.78, 5) is 13.9. The molecule has 2 rings (SSSR count). The first-order valence-electron chi connectivity index (χ1n) is 5.24. The van der Waals surface area contributed by atoms with Gasteiger partial charge in [0.15, 0.2) is 0 Å². The highest BCUT2D eigenvalue weighted by atomic mass is 32.2. The van der Waals surface area contributed by atoms with Gasteiger partial charge in [0.1, 0.15) is 10.1 Å². The topological polar surface area (TPSA) is 20.3 Å². The minimum absolute atomic E-state index is 0.201. The first-order chi connectivity index (χ1) is 8.63. The molecule has 0 aliphatic carbocycles. The molecular formula is C13H10FNOS2. The Hall–Kier alpha value is -1.46. The number of thioether (sulfide) groups is 1. The van der Waals surface area contributed by atoms with E-state index in [1.165, 1.54) is 28.8 Å². The predicted molar refractivity (Wildman–Crippen MR) is 76.5 cm³/mol. The van der Waals surface area contributed by atoms with Crippen LogP contribution < -0.4 is 0 Å². The number of hydrogen-bond donors (Lipinski definition) is 0. The van der Waals surface area contributed by atoms with Crippen LogP contribution in [0.2, 0.25) is 0 Å². The van der Waals surface area contributed by atoms with Crippen molar-refractivity contribution >= 4 is 40.3 Å². The Kier molecular flexibility index (Phi) is 3.93. The van der Waals surface area contributed by atoms with E-state index in [0.717, 1.165) is 0 Å². The third-order valence-electron chi connectivity index (χ3n) is 2.38. The van der Waals surface area contributed by atoms with Crippen molar-refractivity contribution in [3.8, 4) is 0 Å². The standard InChI is InChI=1S/C13H10FNOS2/c1-2-7-15-12(16)11(18-13(15)17)8-9-5-3-4-6-10(9)14/h2-6,8H,1,7H2. The summed E-state index contributed by atoms with van der Waals surface area (Å²) in [6.45, 7) is 3.95. The SMILES string of the molecule is C=CCN1C(=O)C(=Cc2ccccc2F)SC1=S. The van der Waals surface area contributed by atoms with Gasteiger partial charge in [-0.2, -0.15) is 0 Å². The highest BCUT2D eigenvalue weighted by molar-refractivity contribution is 8.26. The number of carbonyl (C=O) groups excluding carboxylic acids is 1. The van der Waals surface area contributed by atoms with Crippen molar-refractivity contribution in [1.82, 2.24) is 4.90 Å². The maximum atomic E-state index is 13.5. The number of hydrogen-bond acceptors (Lipinski definition) is 3. The van der Waals surface area contributed by atoms with Crippen molar-refractivity contribution in [3.05, 3.63) is 53.2 Å². The van der Waals surface area contributed by atoms with E-state index >= 15 is 0 Å². The summed E-state index contributed by atoms with van der Waals surface area (Å²) < 4.78 is 14.0. The molecule has 1 heterocycles. The molecule has 0 aromatic heterocycles. The maximum absolute atomic E-state index is 13.5. The van der Waals surface area contributed by atoms with Crippen molar-refractivity contribution in [2.75, 3.05) is 6.54 Å². The van der Waals surface area contributed by atoms with Crippen LogP contribution in [0.4, 0.5) is 4.39 Å². The fraction of sp³-hybridized carbons (Fsp3) is 0.0769. The zero-order valence-corrected chi connectivity index (χ0v) is 11.1. The highest BCUT2D eigenvalue weighted by Crippen LogP contribution is 2.32. The lowest BCUT2D eigenvalue weighted by Gasteiger charge is -2.10. The summed E-state index contributed by atoms with van der Waals surface area (Å²) in [5, 5.41) is 0. The molecule has 5 heteroatoms. The molecule has 1 saturated heterocycles. The lowest BCUT2D eigenvalue weighted by atomic mass is 10.2. The van der Waals surface area contributed by atoms with Crippen molar-refractivity contribution < 1.29 is 9.18 Å². The highest BCUT2D eigenvalue weighted by Gasteiger charge is 2.31. The van der Waals surface area contributed by atoms with E-state index in [2.05, 4.69) is 6.58 Å². The number of nitrogens with zero attached hydrogens (tertiary/aromatic N) is 1. The van der Waals surface area contributed by atoms with Crippen molar-refractivity contribution in [2.24, 2.45) is 0 Å². The molecular weight excluding hydrogens is 269 g/mol. The van der Waals surface area contributed by atoms with Crippen LogP contribution in [-0.2, 0) is 4.79 Å². The van der Waals surface area contributed by atoms with Gasteiger partial charge in [0.2, 0.25) is 0 Å². The average molecular weight is 279 g/mol. The van der Waals surface area contributed by atoms with Crippen LogP contribution in [0.5, 0.6) is 0 Å². The number of rotatable bonds is 3. The number of halogens is 1. The van der Waals surface area contributed by atoms with E-state index in [1.807, 2.05) is 0 Å². The predicted octanol–water partition coefficient (Wildman–Crippen LogP) is 3.21. The molecule has 1 amide bonds. The molecule has 18 heavy (non-hydrogen) atoms. The Morgan fingerprint density at radius 1 is 1.44 bits per heavy atom. The van der Waals surface area contributed by atoms with Crippen molar-refractivity contribution in [3.63, 3.8) is 0 Å². The van der Waals surface area contributed by atoms with Gasteiger partial charge in [-0.25, -0.2) is 4.39 Å². The van der Waals surface area contributed by atoms with Crippen LogP contribution in [0.1, 0.15) is 5.56 Å².